The lowest BCUT2D eigenvalue weighted by Crippen LogP contribution is -2.48. The summed E-state index contributed by atoms with van der Waals surface area (Å²) in [5.41, 5.74) is 0.576. The van der Waals surface area contributed by atoms with E-state index >= 15 is 0 Å². The molecule has 2 heterocycles. The molecule has 0 bridgehead atoms. The van der Waals surface area contributed by atoms with E-state index in [0.717, 1.165) is 0 Å². The third-order valence-electron chi connectivity index (χ3n) is 2.02. The minimum atomic E-state index is -0.0895. The summed E-state index contributed by atoms with van der Waals surface area (Å²) in [7, 11) is 1.79. The van der Waals surface area contributed by atoms with Crippen molar-refractivity contribution in [1.82, 2.24) is 14.9 Å². The van der Waals surface area contributed by atoms with E-state index in [4.69, 9.17) is 4.74 Å². The standard InChI is InChI=1S/C8H11N3O2/c1-11-5-9-2-7(11)8(12)10-6-3-13-4-6/h2,5-6H,3-4H2,1H3,(H,10,12). The van der Waals surface area contributed by atoms with Crippen LogP contribution in [0.4, 0.5) is 0 Å². The molecule has 1 aliphatic rings. The first-order chi connectivity index (χ1) is 6.27. The Labute approximate surface area is 75.7 Å². The number of nitrogens with one attached hydrogen (secondary N) is 1. The zero-order valence-corrected chi connectivity index (χ0v) is 7.36. The summed E-state index contributed by atoms with van der Waals surface area (Å²) in [5, 5.41) is 2.83. The van der Waals surface area contributed by atoms with Crippen LogP contribution in [0.5, 0.6) is 0 Å². The van der Waals surface area contributed by atoms with E-state index in [2.05, 4.69) is 10.3 Å². The highest BCUT2D eigenvalue weighted by molar-refractivity contribution is 5.92. The van der Waals surface area contributed by atoms with Crippen LogP contribution in [0, 0.1) is 0 Å². The molecule has 0 aromatic carbocycles. The maximum absolute atomic E-state index is 11.5. The minimum absolute atomic E-state index is 0.0895. The Morgan fingerprint density at radius 1 is 1.77 bits per heavy atom. The van der Waals surface area contributed by atoms with Crippen LogP contribution in [0.3, 0.4) is 0 Å². The Hall–Kier alpha value is -1.36. The van der Waals surface area contributed by atoms with Crippen molar-refractivity contribution in [1.29, 1.82) is 0 Å². The fraction of sp³-hybridized carbons (Fsp3) is 0.500. The molecule has 0 atom stereocenters. The van der Waals surface area contributed by atoms with Crippen molar-refractivity contribution in [3.05, 3.63) is 18.2 Å². The lowest BCUT2D eigenvalue weighted by Gasteiger charge is -2.26. The smallest absolute Gasteiger partial charge is 0.269 e. The largest absolute Gasteiger partial charge is 0.377 e. The number of hydrogen-bond acceptors (Lipinski definition) is 3. The fourth-order valence-electron chi connectivity index (χ4n) is 1.15. The number of carbonyl (C=O) groups is 1. The van der Waals surface area contributed by atoms with Crippen molar-refractivity contribution >= 4 is 5.91 Å². The topological polar surface area (TPSA) is 56.2 Å². The highest BCUT2D eigenvalue weighted by Gasteiger charge is 2.21. The number of rotatable bonds is 2. The van der Waals surface area contributed by atoms with E-state index < -0.39 is 0 Å². The molecule has 1 aromatic rings. The van der Waals surface area contributed by atoms with Crippen molar-refractivity contribution in [3.63, 3.8) is 0 Å². The molecule has 1 fully saturated rings. The second kappa shape index (κ2) is 3.18. The van der Waals surface area contributed by atoms with Crippen LogP contribution in [0.25, 0.3) is 0 Å². The SMILES string of the molecule is Cn1cncc1C(=O)NC1COC1. The summed E-state index contributed by atoms with van der Waals surface area (Å²) in [6.45, 7) is 1.23. The van der Waals surface area contributed by atoms with Crippen LogP contribution in [0.1, 0.15) is 10.5 Å². The maximum atomic E-state index is 11.5. The average Bonchev–Trinajstić information content (AvgIpc) is 2.43. The molecule has 1 aromatic heterocycles. The van der Waals surface area contributed by atoms with Gasteiger partial charge in [0.05, 0.1) is 31.8 Å². The van der Waals surface area contributed by atoms with Gasteiger partial charge in [0.15, 0.2) is 0 Å². The lowest BCUT2D eigenvalue weighted by molar-refractivity contribution is -0.00360. The van der Waals surface area contributed by atoms with Gasteiger partial charge in [-0.2, -0.15) is 0 Å². The first-order valence-electron chi connectivity index (χ1n) is 4.12. The first-order valence-corrected chi connectivity index (χ1v) is 4.12. The second-order valence-corrected chi connectivity index (χ2v) is 3.10. The van der Waals surface area contributed by atoms with Gasteiger partial charge >= 0.3 is 0 Å². The summed E-state index contributed by atoms with van der Waals surface area (Å²) in [5.74, 6) is -0.0895. The van der Waals surface area contributed by atoms with E-state index in [1.54, 1.807) is 24.1 Å². The van der Waals surface area contributed by atoms with Crippen molar-refractivity contribution in [2.45, 2.75) is 6.04 Å². The van der Waals surface area contributed by atoms with Gasteiger partial charge in [-0.3, -0.25) is 4.79 Å². The number of imidazole rings is 1. The van der Waals surface area contributed by atoms with Gasteiger partial charge in [-0.1, -0.05) is 0 Å². The molecule has 1 N–H and O–H groups in total. The van der Waals surface area contributed by atoms with Crippen LogP contribution in [-0.4, -0.2) is 34.7 Å². The molecule has 2 rings (SSSR count). The fourth-order valence-corrected chi connectivity index (χ4v) is 1.15. The second-order valence-electron chi connectivity index (χ2n) is 3.10. The summed E-state index contributed by atoms with van der Waals surface area (Å²) < 4.78 is 6.64. The maximum Gasteiger partial charge on any atom is 0.269 e. The van der Waals surface area contributed by atoms with Gasteiger partial charge in [-0.05, 0) is 0 Å². The molecule has 1 aliphatic heterocycles. The lowest BCUT2D eigenvalue weighted by atomic mass is 10.2. The molecule has 0 aliphatic carbocycles. The van der Waals surface area contributed by atoms with Crippen molar-refractivity contribution in [2.24, 2.45) is 7.05 Å². The molecule has 0 radical (unpaired) electrons. The van der Waals surface area contributed by atoms with E-state index in [0.29, 0.717) is 18.9 Å². The van der Waals surface area contributed by atoms with Gasteiger partial charge in [0.2, 0.25) is 0 Å². The van der Waals surface area contributed by atoms with E-state index in [9.17, 15) is 4.79 Å². The summed E-state index contributed by atoms with van der Waals surface area (Å²) in [4.78, 5) is 15.4. The van der Waals surface area contributed by atoms with Crippen molar-refractivity contribution in [2.75, 3.05) is 13.2 Å². The van der Waals surface area contributed by atoms with Crippen LogP contribution >= 0.6 is 0 Å². The van der Waals surface area contributed by atoms with Crippen LogP contribution in [0.15, 0.2) is 12.5 Å². The average molecular weight is 181 g/mol. The summed E-state index contributed by atoms with van der Waals surface area (Å²) in [6.07, 6.45) is 3.15. The molecule has 70 valence electrons. The Morgan fingerprint density at radius 2 is 2.54 bits per heavy atom. The van der Waals surface area contributed by atoms with Gasteiger partial charge in [0.1, 0.15) is 5.69 Å². The summed E-state index contributed by atoms with van der Waals surface area (Å²) >= 11 is 0. The molecule has 1 amide bonds. The minimum Gasteiger partial charge on any atom is -0.377 e. The monoisotopic (exact) mass is 181 g/mol. The predicted octanol–water partition coefficient (Wildman–Crippen LogP) is -0.451. The van der Waals surface area contributed by atoms with Crippen LogP contribution in [-0.2, 0) is 11.8 Å². The van der Waals surface area contributed by atoms with Crippen LogP contribution < -0.4 is 5.32 Å². The normalized spacial score (nSPS) is 16.7. The molecule has 5 heteroatoms. The highest BCUT2D eigenvalue weighted by Crippen LogP contribution is 2.02. The van der Waals surface area contributed by atoms with Crippen molar-refractivity contribution in [3.8, 4) is 0 Å². The number of ether oxygens (including phenoxy) is 1. The molecule has 0 unspecified atom stereocenters. The van der Waals surface area contributed by atoms with Gasteiger partial charge in [0.25, 0.3) is 5.91 Å². The Bertz CT molecular complexity index is 317. The van der Waals surface area contributed by atoms with Gasteiger partial charge in [-0.15, -0.1) is 0 Å². The number of nitrogens with zero attached hydrogens (tertiary/aromatic N) is 2. The number of carbonyl (C=O) groups excluding carboxylic acids is 1. The number of amides is 1. The highest BCUT2D eigenvalue weighted by atomic mass is 16.5. The Morgan fingerprint density at radius 3 is 3.00 bits per heavy atom. The number of aryl methyl sites for hydroxylation is 1. The first kappa shape index (κ1) is 8.25. The quantitative estimate of drug-likeness (QED) is 0.672. The van der Waals surface area contributed by atoms with Crippen LogP contribution in [0.2, 0.25) is 0 Å². The molecule has 1 saturated heterocycles. The summed E-state index contributed by atoms with van der Waals surface area (Å²) in [6, 6.07) is 0.169. The molecular weight excluding hydrogens is 170 g/mol. The van der Waals surface area contributed by atoms with E-state index in [1.807, 2.05) is 0 Å². The molecular formula is C8H11N3O2. The van der Waals surface area contributed by atoms with Gasteiger partial charge < -0.3 is 14.6 Å². The molecule has 0 saturated carbocycles. The molecule has 13 heavy (non-hydrogen) atoms. The van der Waals surface area contributed by atoms with Gasteiger partial charge in [-0.25, -0.2) is 4.98 Å². The predicted molar refractivity (Wildman–Crippen MR) is 45.3 cm³/mol. The van der Waals surface area contributed by atoms with Crippen molar-refractivity contribution < 1.29 is 9.53 Å². The Kier molecular flexibility index (Phi) is 2.02. The Balaban J connectivity index is 2.00. The van der Waals surface area contributed by atoms with Gasteiger partial charge in [0, 0.05) is 7.05 Å². The third-order valence-corrected chi connectivity index (χ3v) is 2.02. The number of hydrogen-bond donors (Lipinski definition) is 1. The molecule has 5 nitrogen and oxygen atoms in total. The zero-order valence-electron chi connectivity index (χ0n) is 7.36. The third kappa shape index (κ3) is 1.55. The van der Waals surface area contributed by atoms with E-state index in [-0.39, 0.29) is 11.9 Å². The molecule has 0 spiro atoms. The number of aromatic nitrogens is 2. The van der Waals surface area contributed by atoms with E-state index in [1.165, 1.54) is 0 Å². The zero-order chi connectivity index (χ0) is 9.26.